The Balaban J connectivity index is 1.93. The van der Waals surface area contributed by atoms with Gasteiger partial charge in [-0.15, -0.1) is 0 Å². The molecule has 126 valence electrons. The largest absolute Gasteiger partial charge is 0.296 e. The number of nitrogens with one attached hydrogen (secondary N) is 1. The Morgan fingerprint density at radius 1 is 1.12 bits per heavy atom. The summed E-state index contributed by atoms with van der Waals surface area (Å²) < 4.78 is 1.08. The number of carbonyl (C=O) groups is 2. The maximum absolute atomic E-state index is 12.3. The van der Waals surface area contributed by atoms with Gasteiger partial charge in [0.1, 0.15) is 5.69 Å². The van der Waals surface area contributed by atoms with Gasteiger partial charge >= 0.3 is 0 Å². The van der Waals surface area contributed by atoms with E-state index in [2.05, 4.69) is 15.4 Å². The molecular weight excluding hydrogens is 340 g/mol. The molecule has 3 aromatic rings. The third kappa shape index (κ3) is 3.53. The molecule has 1 aromatic carbocycles. The molecule has 0 aliphatic heterocycles. The number of thiazole rings is 1. The molecule has 0 bridgehead atoms. The Labute approximate surface area is 147 Å². The maximum atomic E-state index is 12.3. The molecule has 2 aromatic heterocycles. The number of rotatable bonds is 4. The van der Waals surface area contributed by atoms with E-state index in [4.69, 9.17) is 0 Å². The first-order valence-electron chi connectivity index (χ1n) is 7.38. The molecule has 25 heavy (non-hydrogen) atoms. The van der Waals surface area contributed by atoms with E-state index in [9.17, 15) is 14.4 Å². The summed E-state index contributed by atoms with van der Waals surface area (Å²) in [7, 11) is 1.46. The molecule has 2 heterocycles. The van der Waals surface area contributed by atoms with E-state index in [1.807, 2.05) is 30.3 Å². The zero-order chi connectivity index (χ0) is 18.0. The monoisotopic (exact) mass is 354 g/mol. The van der Waals surface area contributed by atoms with E-state index in [0.29, 0.717) is 15.7 Å². The van der Waals surface area contributed by atoms with Crippen LogP contribution in [0.4, 0.5) is 5.13 Å². The number of carbonyl (C=O) groups excluding carboxylic acids is 2. The van der Waals surface area contributed by atoms with Gasteiger partial charge in [-0.1, -0.05) is 41.7 Å². The number of anilines is 1. The first kappa shape index (κ1) is 16.7. The molecular formula is C17H14N4O3S. The van der Waals surface area contributed by atoms with E-state index in [1.54, 1.807) is 0 Å². The summed E-state index contributed by atoms with van der Waals surface area (Å²) in [5, 5.41) is 6.82. The summed E-state index contributed by atoms with van der Waals surface area (Å²) in [5.41, 5.74) is 1.10. The van der Waals surface area contributed by atoms with Gasteiger partial charge in [-0.3, -0.25) is 19.7 Å². The predicted octanol–water partition coefficient (Wildman–Crippen LogP) is 2.36. The van der Waals surface area contributed by atoms with Crippen molar-refractivity contribution in [2.45, 2.75) is 6.92 Å². The molecule has 0 atom stereocenters. The van der Waals surface area contributed by atoms with Crippen LogP contribution in [0.2, 0.25) is 0 Å². The minimum atomic E-state index is -0.501. The number of aryl methyl sites for hydroxylation is 1. The van der Waals surface area contributed by atoms with Gasteiger partial charge in [-0.05, 0) is 6.07 Å². The molecule has 0 fully saturated rings. The van der Waals surface area contributed by atoms with Crippen molar-refractivity contribution < 1.29 is 9.59 Å². The van der Waals surface area contributed by atoms with Crippen molar-refractivity contribution in [1.29, 1.82) is 0 Å². The number of ketones is 1. The highest BCUT2D eigenvalue weighted by Gasteiger charge is 2.18. The third-order valence-corrected chi connectivity index (χ3v) is 4.48. The van der Waals surface area contributed by atoms with Crippen LogP contribution in [0.1, 0.15) is 27.1 Å². The number of hydrogen-bond acceptors (Lipinski definition) is 6. The number of amides is 1. The van der Waals surface area contributed by atoms with Crippen LogP contribution in [0.15, 0.2) is 47.3 Å². The fraction of sp³-hybridized carbons (Fsp3) is 0.118. The fourth-order valence-electron chi connectivity index (χ4n) is 2.19. The molecule has 0 saturated carbocycles. The minimum absolute atomic E-state index is 0.0861. The van der Waals surface area contributed by atoms with Crippen LogP contribution in [0.5, 0.6) is 0 Å². The van der Waals surface area contributed by atoms with E-state index in [1.165, 1.54) is 26.1 Å². The van der Waals surface area contributed by atoms with Crippen LogP contribution < -0.4 is 10.9 Å². The van der Waals surface area contributed by atoms with Crippen molar-refractivity contribution in [2.75, 3.05) is 5.32 Å². The fourth-order valence-corrected chi connectivity index (χ4v) is 3.07. The van der Waals surface area contributed by atoms with Crippen LogP contribution >= 0.6 is 11.3 Å². The lowest BCUT2D eigenvalue weighted by Gasteiger charge is -2.02. The van der Waals surface area contributed by atoms with Gasteiger partial charge in [-0.25, -0.2) is 9.67 Å². The lowest BCUT2D eigenvalue weighted by Crippen LogP contribution is -2.23. The smallest absolute Gasteiger partial charge is 0.277 e. The average Bonchev–Trinajstić information content (AvgIpc) is 3.02. The topological polar surface area (TPSA) is 94.0 Å². The van der Waals surface area contributed by atoms with Gasteiger partial charge < -0.3 is 0 Å². The van der Waals surface area contributed by atoms with E-state index >= 15 is 0 Å². The standard InChI is InChI=1S/C17H14N4O3S/c1-10(22)15-14(11-6-4-3-5-7-11)18-17(25-15)19-16(24)12-8-9-13(23)21(2)20-12/h3-9H,1-2H3,(H,18,19,24). The molecule has 7 nitrogen and oxygen atoms in total. The highest BCUT2D eigenvalue weighted by molar-refractivity contribution is 7.18. The van der Waals surface area contributed by atoms with E-state index in [-0.39, 0.29) is 17.0 Å². The molecule has 1 N–H and O–H groups in total. The maximum Gasteiger partial charge on any atom is 0.277 e. The first-order valence-corrected chi connectivity index (χ1v) is 8.20. The van der Waals surface area contributed by atoms with Crippen molar-refractivity contribution in [2.24, 2.45) is 7.05 Å². The van der Waals surface area contributed by atoms with Gasteiger partial charge in [0.25, 0.3) is 11.5 Å². The lowest BCUT2D eigenvalue weighted by molar-refractivity contribution is 0.101. The molecule has 8 heteroatoms. The second-order valence-corrected chi connectivity index (χ2v) is 6.25. The van der Waals surface area contributed by atoms with Gasteiger partial charge in [0.05, 0.1) is 10.6 Å². The Bertz CT molecular complexity index is 1010. The number of nitrogens with zero attached hydrogens (tertiary/aromatic N) is 3. The molecule has 0 saturated heterocycles. The van der Waals surface area contributed by atoms with Crippen LogP contribution in [-0.2, 0) is 7.05 Å². The summed E-state index contributed by atoms with van der Waals surface area (Å²) >= 11 is 1.10. The summed E-state index contributed by atoms with van der Waals surface area (Å²) in [5.74, 6) is -0.629. The summed E-state index contributed by atoms with van der Waals surface area (Å²) in [6, 6.07) is 11.9. The Hall–Kier alpha value is -3.13. The quantitative estimate of drug-likeness (QED) is 0.726. The lowest BCUT2D eigenvalue weighted by atomic mass is 10.1. The Kier molecular flexibility index (Phi) is 4.53. The molecule has 0 aliphatic carbocycles. The second-order valence-electron chi connectivity index (χ2n) is 5.25. The zero-order valence-electron chi connectivity index (χ0n) is 13.5. The number of aromatic nitrogens is 3. The van der Waals surface area contributed by atoms with Gasteiger partial charge in [-0.2, -0.15) is 5.10 Å². The minimum Gasteiger partial charge on any atom is -0.296 e. The SMILES string of the molecule is CC(=O)c1sc(NC(=O)c2ccc(=O)n(C)n2)nc1-c1ccccc1. The van der Waals surface area contributed by atoms with Crippen LogP contribution in [0.25, 0.3) is 11.3 Å². The average molecular weight is 354 g/mol. The van der Waals surface area contributed by atoms with Crippen LogP contribution in [-0.4, -0.2) is 26.5 Å². The number of benzene rings is 1. The second kappa shape index (κ2) is 6.78. The number of hydrogen-bond donors (Lipinski definition) is 1. The van der Waals surface area contributed by atoms with Gasteiger partial charge in [0.15, 0.2) is 10.9 Å². The normalized spacial score (nSPS) is 10.5. The van der Waals surface area contributed by atoms with Crippen LogP contribution in [0.3, 0.4) is 0 Å². The Morgan fingerprint density at radius 3 is 2.48 bits per heavy atom. The third-order valence-electron chi connectivity index (χ3n) is 3.41. The van der Waals surface area contributed by atoms with Crippen LogP contribution in [0, 0.1) is 0 Å². The van der Waals surface area contributed by atoms with Gasteiger partial charge in [0.2, 0.25) is 0 Å². The van der Waals surface area contributed by atoms with Crippen molar-refractivity contribution in [3.8, 4) is 11.3 Å². The predicted molar refractivity (Wildman–Crippen MR) is 95.0 cm³/mol. The highest BCUT2D eigenvalue weighted by atomic mass is 32.1. The zero-order valence-corrected chi connectivity index (χ0v) is 14.3. The number of Topliss-reactive ketones (excluding diaryl/α,β-unsaturated/α-hetero) is 1. The van der Waals surface area contributed by atoms with Gasteiger partial charge in [0, 0.05) is 25.6 Å². The molecule has 0 radical (unpaired) electrons. The van der Waals surface area contributed by atoms with E-state index in [0.717, 1.165) is 21.6 Å². The van der Waals surface area contributed by atoms with Crippen molar-refractivity contribution in [3.63, 3.8) is 0 Å². The first-order chi connectivity index (χ1) is 12.0. The molecule has 0 aliphatic rings. The summed E-state index contributed by atoms with van der Waals surface area (Å²) in [4.78, 5) is 40.4. The molecule has 0 spiro atoms. The molecule has 3 rings (SSSR count). The van der Waals surface area contributed by atoms with Crippen molar-refractivity contribution in [1.82, 2.24) is 14.8 Å². The summed E-state index contributed by atoms with van der Waals surface area (Å²) in [6.07, 6.45) is 0. The molecule has 0 unspecified atom stereocenters. The summed E-state index contributed by atoms with van der Waals surface area (Å²) in [6.45, 7) is 1.46. The van der Waals surface area contributed by atoms with Crippen molar-refractivity contribution >= 4 is 28.2 Å². The Morgan fingerprint density at radius 2 is 1.84 bits per heavy atom. The van der Waals surface area contributed by atoms with Crippen molar-refractivity contribution in [3.05, 3.63) is 63.4 Å². The highest BCUT2D eigenvalue weighted by Crippen LogP contribution is 2.31. The molecule has 1 amide bonds. The van der Waals surface area contributed by atoms with E-state index < -0.39 is 5.91 Å².